The Morgan fingerprint density at radius 3 is 2.44 bits per heavy atom. The first-order chi connectivity index (χ1) is 12.3. The molecule has 4 rings (SSSR count). The zero-order valence-electron chi connectivity index (χ0n) is 14.0. The Labute approximate surface area is 148 Å². The Morgan fingerprint density at radius 1 is 0.840 bits per heavy atom. The van der Waals surface area contributed by atoms with Crippen LogP contribution in [0.3, 0.4) is 0 Å². The third kappa shape index (κ3) is 3.16. The van der Waals surface area contributed by atoms with Gasteiger partial charge in [-0.3, -0.25) is 0 Å². The molecule has 3 aromatic carbocycles. The molecule has 0 aliphatic heterocycles. The Balaban J connectivity index is 1.69. The highest BCUT2D eigenvalue weighted by molar-refractivity contribution is 5.84. The first kappa shape index (κ1) is 15.5. The van der Waals surface area contributed by atoms with E-state index in [-0.39, 0.29) is 5.92 Å². The van der Waals surface area contributed by atoms with E-state index in [0.717, 1.165) is 23.4 Å². The number of H-pyrrole nitrogens is 1. The minimum absolute atomic E-state index is 0.232. The van der Waals surface area contributed by atoms with E-state index in [1.165, 1.54) is 16.5 Å². The Kier molecular flexibility index (Phi) is 4.26. The molecule has 0 saturated heterocycles. The van der Waals surface area contributed by atoms with Gasteiger partial charge in [0.2, 0.25) is 0 Å². The number of para-hydroxylation sites is 2. The van der Waals surface area contributed by atoms with E-state index in [4.69, 9.17) is 4.74 Å². The number of hydrogen-bond donors (Lipinski definition) is 1. The lowest BCUT2D eigenvalue weighted by Gasteiger charge is -2.16. The van der Waals surface area contributed by atoms with Gasteiger partial charge in [0.1, 0.15) is 11.5 Å². The molecule has 1 heterocycles. The van der Waals surface area contributed by atoms with Crippen LogP contribution in [0.4, 0.5) is 0 Å². The summed E-state index contributed by atoms with van der Waals surface area (Å²) in [6, 6.07) is 26.6. The summed E-state index contributed by atoms with van der Waals surface area (Å²) in [4.78, 5) is 3.37. The van der Waals surface area contributed by atoms with E-state index >= 15 is 0 Å². The topological polar surface area (TPSA) is 25.0 Å². The molecule has 25 heavy (non-hydrogen) atoms. The van der Waals surface area contributed by atoms with E-state index in [2.05, 4.69) is 54.5 Å². The average Bonchev–Trinajstić information content (AvgIpc) is 3.08. The highest BCUT2D eigenvalue weighted by Crippen LogP contribution is 2.35. The fraction of sp³-hybridized carbons (Fsp3) is 0.0870. The molecular formula is C23H20NO. The number of benzene rings is 3. The summed E-state index contributed by atoms with van der Waals surface area (Å²) in [6.45, 7) is 4.18. The summed E-state index contributed by atoms with van der Waals surface area (Å²) in [5, 5.41) is 1.26. The molecule has 123 valence electrons. The molecule has 2 heteroatoms. The number of hydrogen-bond acceptors (Lipinski definition) is 1. The van der Waals surface area contributed by atoms with E-state index < -0.39 is 0 Å². The quantitative estimate of drug-likeness (QED) is 0.456. The molecule has 1 aromatic heterocycles. The number of fused-ring (bicyclic) bond motifs is 1. The van der Waals surface area contributed by atoms with E-state index in [1.54, 1.807) is 0 Å². The van der Waals surface area contributed by atoms with Crippen molar-refractivity contribution in [3.05, 3.63) is 103 Å². The Bertz CT molecular complexity index is 971. The number of rotatable bonds is 5. The van der Waals surface area contributed by atoms with Crippen molar-refractivity contribution >= 4 is 10.9 Å². The van der Waals surface area contributed by atoms with Crippen molar-refractivity contribution in [2.75, 3.05) is 0 Å². The minimum Gasteiger partial charge on any atom is -0.457 e. The van der Waals surface area contributed by atoms with Crippen LogP contribution in [0.2, 0.25) is 0 Å². The maximum atomic E-state index is 5.99. The fourth-order valence-electron chi connectivity index (χ4n) is 3.30. The standard InChI is InChI=1S/C23H20NO/c1-2-20(22-16-24-23-14-7-6-13-21(22)23)17-9-8-12-19(15-17)25-18-10-4-3-5-11-18/h3-16,20,24H,1-2H2. The number of ether oxygens (including phenoxy) is 1. The van der Waals surface area contributed by atoms with Gasteiger partial charge in [0.05, 0.1) is 0 Å². The fourth-order valence-corrected chi connectivity index (χ4v) is 3.30. The monoisotopic (exact) mass is 326 g/mol. The van der Waals surface area contributed by atoms with E-state index in [0.29, 0.717) is 0 Å². The number of nitrogens with one attached hydrogen (secondary N) is 1. The van der Waals surface area contributed by atoms with Gasteiger partial charge in [-0.05, 0) is 47.9 Å². The molecule has 0 bridgehead atoms. The molecule has 4 aromatic rings. The summed E-state index contributed by atoms with van der Waals surface area (Å²) < 4.78 is 5.99. The van der Waals surface area contributed by atoms with Crippen LogP contribution in [0.5, 0.6) is 11.5 Å². The normalized spacial score (nSPS) is 12.2. The van der Waals surface area contributed by atoms with E-state index in [9.17, 15) is 0 Å². The lowest BCUT2D eigenvalue weighted by molar-refractivity contribution is 0.481. The van der Waals surface area contributed by atoms with Gasteiger partial charge >= 0.3 is 0 Å². The first-order valence-electron chi connectivity index (χ1n) is 8.53. The van der Waals surface area contributed by atoms with Crippen LogP contribution in [0.25, 0.3) is 10.9 Å². The van der Waals surface area contributed by atoms with Crippen molar-refractivity contribution in [3.63, 3.8) is 0 Å². The van der Waals surface area contributed by atoms with Gasteiger partial charge in [-0.15, -0.1) is 0 Å². The largest absolute Gasteiger partial charge is 0.457 e. The molecule has 1 N–H and O–H groups in total. The van der Waals surface area contributed by atoms with Gasteiger partial charge < -0.3 is 9.72 Å². The average molecular weight is 326 g/mol. The van der Waals surface area contributed by atoms with Crippen molar-refractivity contribution in [1.29, 1.82) is 0 Å². The Hall–Kier alpha value is -3.00. The van der Waals surface area contributed by atoms with Crippen molar-refractivity contribution in [2.45, 2.75) is 12.3 Å². The van der Waals surface area contributed by atoms with Crippen LogP contribution < -0.4 is 4.74 Å². The Morgan fingerprint density at radius 2 is 1.60 bits per heavy atom. The molecule has 0 amide bonds. The summed E-state index contributed by atoms with van der Waals surface area (Å²) in [5.41, 5.74) is 3.66. The van der Waals surface area contributed by atoms with Gasteiger partial charge in [0.25, 0.3) is 0 Å². The maximum absolute atomic E-state index is 5.99. The van der Waals surface area contributed by atoms with Crippen LogP contribution in [0.1, 0.15) is 23.5 Å². The molecular weight excluding hydrogens is 306 g/mol. The molecule has 0 aliphatic carbocycles. The molecule has 1 unspecified atom stereocenters. The second kappa shape index (κ2) is 6.86. The van der Waals surface area contributed by atoms with Crippen LogP contribution in [0.15, 0.2) is 85.1 Å². The SMILES string of the molecule is [CH2]CC(c1cccc(Oc2ccccc2)c1)c1c[nH]c2ccccc12. The zero-order chi connectivity index (χ0) is 17.1. The van der Waals surface area contributed by atoms with Gasteiger partial charge in [0.15, 0.2) is 0 Å². The second-order valence-corrected chi connectivity index (χ2v) is 6.12. The molecule has 0 fully saturated rings. The van der Waals surface area contributed by atoms with Crippen LogP contribution in [-0.4, -0.2) is 4.98 Å². The highest BCUT2D eigenvalue weighted by atomic mass is 16.5. The first-order valence-corrected chi connectivity index (χ1v) is 8.53. The highest BCUT2D eigenvalue weighted by Gasteiger charge is 2.17. The predicted molar refractivity (Wildman–Crippen MR) is 103 cm³/mol. The van der Waals surface area contributed by atoms with Gasteiger partial charge in [-0.25, -0.2) is 0 Å². The maximum Gasteiger partial charge on any atom is 0.127 e. The number of aromatic amines is 1. The van der Waals surface area contributed by atoms with Crippen molar-refractivity contribution in [2.24, 2.45) is 0 Å². The molecule has 1 atom stereocenters. The van der Waals surface area contributed by atoms with Crippen LogP contribution in [-0.2, 0) is 0 Å². The van der Waals surface area contributed by atoms with Gasteiger partial charge in [0, 0.05) is 23.0 Å². The van der Waals surface area contributed by atoms with Gasteiger partial charge in [-0.2, -0.15) is 0 Å². The molecule has 0 saturated carbocycles. The third-order valence-corrected chi connectivity index (χ3v) is 4.52. The van der Waals surface area contributed by atoms with E-state index in [1.807, 2.05) is 42.5 Å². The van der Waals surface area contributed by atoms with Crippen molar-refractivity contribution < 1.29 is 4.74 Å². The summed E-state index contributed by atoms with van der Waals surface area (Å²) in [7, 11) is 0. The van der Waals surface area contributed by atoms with Crippen LogP contribution >= 0.6 is 0 Å². The molecule has 2 nitrogen and oxygen atoms in total. The van der Waals surface area contributed by atoms with Crippen molar-refractivity contribution in [1.82, 2.24) is 4.98 Å². The zero-order valence-corrected chi connectivity index (χ0v) is 14.0. The minimum atomic E-state index is 0.232. The summed E-state index contributed by atoms with van der Waals surface area (Å²) in [5.74, 6) is 1.93. The second-order valence-electron chi connectivity index (χ2n) is 6.12. The lowest BCUT2D eigenvalue weighted by Crippen LogP contribution is -1.99. The third-order valence-electron chi connectivity index (χ3n) is 4.52. The van der Waals surface area contributed by atoms with Crippen molar-refractivity contribution in [3.8, 4) is 11.5 Å². The molecule has 0 spiro atoms. The summed E-state index contributed by atoms with van der Waals surface area (Å²) in [6.07, 6.45) is 2.89. The molecule has 1 radical (unpaired) electrons. The lowest BCUT2D eigenvalue weighted by atomic mass is 9.89. The summed E-state index contributed by atoms with van der Waals surface area (Å²) >= 11 is 0. The predicted octanol–water partition coefficient (Wildman–Crippen LogP) is 6.32. The number of aromatic nitrogens is 1. The van der Waals surface area contributed by atoms with Crippen LogP contribution in [0, 0.1) is 6.92 Å². The smallest absolute Gasteiger partial charge is 0.127 e. The molecule has 0 aliphatic rings. The van der Waals surface area contributed by atoms with Gasteiger partial charge in [-0.1, -0.05) is 55.5 Å².